The second kappa shape index (κ2) is 7.51. The predicted molar refractivity (Wildman–Crippen MR) is 113 cm³/mol. The minimum Gasteiger partial charge on any atom is -0.506 e. The number of ether oxygens (including phenoxy) is 4. The molecule has 4 rings (SSSR count). The fourth-order valence-corrected chi connectivity index (χ4v) is 5.73. The molecule has 10 heteroatoms. The molecule has 30 heavy (non-hydrogen) atoms. The minimum atomic E-state index is -0.383. The quantitative estimate of drug-likeness (QED) is 0.701. The van der Waals surface area contributed by atoms with Crippen LogP contribution in [0.25, 0.3) is 11.1 Å². The number of rotatable bonds is 5. The lowest BCUT2D eigenvalue weighted by atomic mass is 9.91. The zero-order chi connectivity index (χ0) is 21.7. The predicted octanol–water partition coefficient (Wildman–Crippen LogP) is 3.57. The number of thioether (sulfide) groups is 2. The van der Waals surface area contributed by atoms with Gasteiger partial charge in [0.25, 0.3) is 0 Å². The molecule has 2 aliphatic heterocycles. The van der Waals surface area contributed by atoms with Gasteiger partial charge in [-0.2, -0.15) is 0 Å². The van der Waals surface area contributed by atoms with Crippen LogP contribution in [0.4, 0.5) is 0 Å². The van der Waals surface area contributed by atoms with Gasteiger partial charge in [-0.3, -0.25) is 9.59 Å². The Morgan fingerprint density at radius 3 is 1.23 bits per heavy atom. The molecule has 0 bridgehead atoms. The molecule has 158 valence electrons. The van der Waals surface area contributed by atoms with Crippen molar-refractivity contribution < 1.29 is 38.7 Å². The summed E-state index contributed by atoms with van der Waals surface area (Å²) in [4.78, 5) is 24.9. The van der Waals surface area contributed by atoms with Crippen LogP contribution in [-0.4, -0.2) is 48.9 Å². The van der Waals surface area contributed by atoms with Gasteiger partial charge in [-0.15, -0.1) is 0 Å². The molecular formula is C20H18O8S2. The maximum atomic E-state index is 12.5. The smallest absolute Gasteiger partial charge is 0.223 e. The van der Waals surface area contributed by atoms with E-state index in [1.165, 1.54) is 28.4 Å². The highest BCUT2D eigenvalue weighted by Crippen LogP contribution is 2.60. The van der Waals surface area contributed by atoms with Gasteiger partial charge in [-0.1, -0.05) is 23.5 Å². The number of methoxy groups -OCH3 is 4. The van der Waals surface area contributed by atoms with E-state index in [1.54, 1.807) is 0 Å². The summed E-state index contributed by atoms with van der Waals surface area (Å²) >= 11 is 2.05. The first-order valence-electron chi connectivity index (χ1n) is 8.75. The van der Waals surface area contributed by atoms with E-state index in [0.717, 1.165) is 23.5 Å². The van der Waals surface area contributed by atoms with Crippen molar-refractivity contribution in [1.29, 1.82) is 0 Å². The molecule has 0 atom stereocenters. The van der Waals surface area contributed by atoms with Gasteiger partial charge < -0.3 is 29.2 Å². The van der Waals surface area contributed by atoms with Crippen molar-refractivity contribution in [3.63, 3.8) is 0 Å². The summed E-state index contributed by atoms with van der Waals surface area (Å²) in [5.41, 5.74) is 1.14. The van der Waals surface area contributed by atoms with Gasteiger partial charge in [-0.25, -0.2) is 0 Å². The van der Waals surface area contributed by atoms with Gasteiger partial charge >= 0.3 is 0 Å². The highest BCUT2D eigenvalue weighted by Gasteiger charge is 2.40. The maximum Gasteiger partial charge on any atom is 0.223 e. The Kier molecular flexibility index (Phi) is 5.15. The standard InChI is InChI=1S/C20H18O8S2/c1-25-15-7-5-29-19(23)9(7)13(21)11(17(15)27-3)12-14(22)10-8(6-30-20(10)24)16(26-2)18(12)28-4/h21-22H,5-6H2,1-4H3. The molecule has 8 nitrogen and oxygen atoms in total. The van der Waals surface area contributed by atoms with Crippen molar-refractivity contribution in [3.8, 4) is 45.6 Å². The SMILES string of the molecule is COc1c2c(c(O)c(-c3c(O)c4c(c(OC)c3OC)CSC4=O)c1OC)C(=O)SC2. The Labute approximate surface area is 180 Å². The molecule has 2 aromatic carbocycles. The number of phenols is 2. The van der Waals surface area contributed by atoms with E-state index in [9.17, 15) is 19.8 Å². The van der Waals surface area contributed by atoms with E-state index < -0.39 is 0 Å². The fraction of sp³-hybridized carbons (Fsp3) is 0.300. The summed E-state index contributed by atoms with van der Waals surface area (Å²) in [6.07, 6.45) is 0. The van der Waals surface area contributed by atoms with Crippen molar-refractivity contribution in [2.75, 3.05) is 28.4 Å². The zero-order valence-corrected chi connectivity index (χ0v) is 18.2. The summed E-state index contributed by atoms with van der Waals surface area (Å²) in [6, 6.07) is 0. The Bertz CT molecular complexity index is 1020. The maximum absolute atomic E-state index is 12.5. The lowest BCUT2D eigenvalue weighted by Crippen LogP contribution is -2.05. The van der Waals surface area contributed by atoms with E-state index in [1.807, 2.05) is 0 Å². The van der Waals surface area contributed by atoms with E-state index >= 15 is 0 Å². The summed E-state index contributed by atoms with van der Waals surface area (Å²) in [5, 5.41) is 21.6. The summed E-state index contributed by atoms with van der Waals surface area (Å²) in [5.74, 6) is 0.606. The highest BCUT2D eigenvalue weighted by molar-refractivity contribution is 8.14. The zero-order valence-electron chi connectivity index (χ0n) is 16.6. The van der Waals surface area contributed by atoms with Crippen molar-refractivity contribution in [3.05, 3.63) is 22.3 Å². The third-order valence-electron chi connectivity index (χ3n) is 5.14. The Morgan fingerprint density at radius 1 is 0.600 bits per heavy atom. The van der Waals surface area contributed by atoms with E-state index in [4.69, 9.17) is 18.9 Å². The average Bonchev–Trinajstić information content (AvgIpc) is 3.31. The molecule has 0 unspecified atom stereocenters. The second-order valence-electron chi connectivity index (χ2n) is 6.44. The van der Waals surface area contributed by atoms with Gasteiger partial charge in [0.2, 0.25) is 10.2 Å². The van der Waals surface area contributed by atoms with E-state index in [2.05, 4.69) is 0 Å². The number of fused-ring (bicyclic) bond motifs is 2. The Balaban J connectivity index is 2.20. The van der Waals surface area contributed by atoms with Crippen LogP contribution in [0.2, 0.25) is 0 Å². The monoisotopic (exact) mass is 450 g/mol. The number of hydrogen-bond donors (Lipinski definition) is 2. The number of carbonyl (C=O) groups excluding carboxylic acids is 2. The molecule has 0 saturated carbocycles. The van der Waals surface area contributed by atoms with Crippen LogP contribution >= 0.6 is 23.5 Å². The van der Waals surface area contributed by atoms with Crippen LogP contribution < -0.4 is 18.9 Å². The van der Waals surface area contributed by atoms with Crippen LogP contribution in [0.3, 0.4) is 0 Å². The minimum absolute atomic E-state index is 0.0101. The first-order chi connectivity index (χ1) is 14.4. The molecule has 2 aromatic rings. The third-order valence-corrected chi connectivity index (χ3v) is 6.93. The average molecular weight is 450 g/mol. The second-order valence-corrected chi connectivity index (χ2v) is 8.34. The number of aromatic hydroxyl groups is 2. The molecule has 2 aliphatic rings. The van der Waals surface area contributed by atoms with Crippen LogP contribution in [0, 0.1) is 0 Å². The first-order valence-corrected chi connectivity index (χ1v) is 10.7. The van der Waals surface area contributed by atoms with Gasteiger partial charge in [-0.05, 0) is 0 Å². The van der Waals surface area contributed by atoms with Crippen molar-refractivity contribution in [2.24, 2.45) is 0 Å². The van der Waals surface area contributed by atoms with Gasteiger partial charge in [0, 0.05) is 22.6 Å². The Morgan fingerprint density at radius 2 is 0.933 bits per heavy atom. The van der Waals surface area contributed by atoms with Crippen molar-refractivity contribution in [1.82, 2.24) is 0 Å². The molecule has 0 spiro atoms. The summed E-state index contributed by atoms with van der Waals surface area (Å²) in [7, 11) is 5.61. The normalized spacial score (nSPS) is 14.5. The molecule has 0 amide bonds. The molecule has 2 heterocycles. The number of hydrogen-bond acceptors (Lipinski definition) is 10. The van der Waals surface area contributed by atoms with Gasteiger partial charge in [0.15, 0.2) is 23.0 Å². The number of benzene rings is 2. The van der Waals surface area contributed by atoms with Crippen LogP contribution in [0.1, 0.15) is 31.8 Å². The lowest BCUT2D eigenvalue weighted by Gasteiger charge is -2.22. The largest absolute Gasteiger partial charge is 0.506 e. The van der Waals surface area contributed by atoms with E-state index in [-0.39, 0.29) is 67.0 Å². The number of carbonyl (C=O) groups is 2. The summed E-state index contributed by atoms with van der Waals surface area (Å²) in [6.45, 7) is 0. The first kappa shape index (κ1) is 20.5. The topological polar surface area (TPSA) is 112 Å². The lowest BCUT2D eigenvalue weighted by molar-refractivity contribution is 0.108. The molecule has 0 radical (unpaired) electrons. The Hall–Kier alpha value is -2.72. The van der Waals surface area contributed by atoms with Crippen molar-refractivity contribution >= 4 is 33.8 Å². The fourth-order valence-electron chi connectivity index (χ4n) is 3.90. The molecule has 0 fully saturated rings. The molecular weight excluding hydrogens is 432 g/mol. The van der Waals surface area contributed by atoms with Gasteiger partial charge in [0.1, 0.15) is 11.5 Å². The van der Waals surface area contributed by atoms with E-state index in [0.29, 0.717) is 22.6 Å². The van der Waals surface area contributed by atoms with Crippen LogP contribution in [0.15, 0.2) is 0 Å². The molecule has 0 aromatic heterocycles. The third kappa shape index (κ3) is 2.63. The van der Waals surface area contributed by atoms with Gasteiger partial charge in [0.05, 0.1) is 50.7 Å². The van der Waals surface area contributed by atoms with Crippen LogP contribution in [-0.2, 0) is 11.5 Å². The van der Waals surface area contributed by atoms with Crippen molar-refractivity contribution in [2.45, 2.75) is 11.5 Å². The molecule has 0 aliphatic carbocycles. The molecule has 0 saturated heterocycles. The van der Waals surface area contributed by atoms with Crippen LogP contribution in [0.5, 0.6) is 34.5 Å². The molecule has 2 N–H and O–H groups in total. The highest BCUT2D eigenvalue weighted by atomic mass is 32.2. The number of phenolic OH excluding ortho intramolecular Hbond substituents is 2. The summed E-state index contributed by atoms with van der Waals surface area (Å²) < 4.78 is 22.1.